The van der Waals surface area contributed by atoms with Gasteiger partial charge in [-0.2, -0.15) is 0 Å². The molecular formula is C8H14F2O. The van der Waals surface area contributed by atoms with E-state index in [0.717, 1.165) is 25.7 Å². The standard InChI is InChI=1S/C8H14F2O/c1-8(11,7(9)10)6-4-2-3-5-6/h6-7,11H,2-5H2,1H3. The van der Waals surface area contributed by atoms with Crippen LogP contribution >= 0.6 is 0 Å². The van der Waals surface area contributed by atoms with Gasteiger partial charge in [-0.25, -0.2) is 8.78 Å². The highest BCUT2D eigenvalue weighted by Crippen LogP contribution is 2.37. The topological polar surface area (TPSA) is 20.2 Å². The molecule has 0 heterocycles. The van der Waals surface area contributed by atoms with Crippen LogP contribution in [0.2, 0.25) is 0 Å². The van der Waals surface area contributed by atoms with E-state index in [-0.39, 0.29) is 5.92 Å². The van der Waals surface area contributed by atoms with Gasteiger partial charge in [-0.05, 0) is 25.7 Å². The van der Waals surface area contributed by atoms with E-state index >= 15 is 0 Å². The van der Waals surface area contributed by atoms with Gasteiger partial charge in [0, 0.05) is 0 Å². The highest BCUT2D eigenvalue weighted by atomic mass is 19.3. The van der Waals surface area contributed by atoms with Crippen molar-refractivity contribution in [2.45, 2.75) is 44.6 Å². The maximum Gasteiger partial charge on any atom is 0.266 e. The quantitative estimate of drug-likeness (QED) is 0.663. The summed E-state index contributed by atoms with van der Waals surface area (Å²) in [4.78, 5) is 0. The van der Waals surface area contributed by atoms with Crippen LogP contribution in [0.15, 0.2) is 0 Å². The highest BCUT2D eigenvalue weighted by Gasteiger charge is 2.41. The first kappa shape index (κ1) is 8.91. The Bertz CT molecular complexity index is 128. The van der Waals surface area contributed by atoms with Crippen LogP contribution < -0.4 is 0 Å². The van der Waals surface area contributed by atoms with Crippen molar-refractivity contribution in [3.63, 3.8) is 0 Å². The fourth-order valence-electron chi connectivity index (χ4n) is 1.69. The number of hydrogen-bond donors (Lipinski definition) is 1. The van der Waals surface area contributed by atoms with Gasteiger partial charge >= 0.3 is 0 Å². The molecule has 0 radical (unpaired) electrons. The van der Waals surface area contributed by atoms with Crippen LogP contribution in [0.3, 0.4) is 0 Å². The number of halogens is 2. The Hall–Kier alpha value is -0.180. The predicted molar refractivity (Wildman–Crippen MR) is 38.6 cm³/mol. The average Bonchev–Trinajstić information content (AvgIpc) is 2.37. The number of rotatable bonds is 2. The molecule has 3 heteroatoms. The van der Waals surface area contributed by atoms with E-state index in [0.29, 0.717) is 0 Å². The van der Waals surface area contributed by atoms with Gasteiger partial charge < -0.3 is 5.11 Å². The lowest BCUT2D eigenvalue weighted by atomic mass is 9.88. The summed E-state index contributed by atoms with van der Waals surface area (Å²) in [6.07, 6.45) is 0.848. The molecule has 0 spiro atoms. The van der Waals surface area contributed by atoms with Gasteiger partial charge in [0.25, 0.3) is 6.43 Å². The minimum Gasteiger partial charge on any atom is -0.384 e. The normalized spacial score (nSPS) is 25.9. The van der Waals surface area contributed by atoms with Crippen LogP contribution in [0, 0.1) is 5.92 Å². The van der Waals surface area contributed by atoms with E-state index in [1.165, 1.54) is 6.92 Å². The molecule has 0 saturated heterocycles. The molecule has 1 fully saturated rings. The predicted octanol–water partition coefficient (Wildman–Crippen LogP) is 2.19. The fourth-order valence-corrected chi connectivity index (χ4v) is 1.69. The number of alkyl halides is 2. The van der Waals surface area contributed by atoms with Crippen molar-refractivity contribution < 1.29 is 13.9 Å². The Morgan fingerprint density at radius 1 is 1.36 bits per heavy atom. The summed E-state index contributed by atoms with van der Waals surface area (Å²) in [7, 11) is 0. The summed E-state index contributed by atoms with van der Waals surface area (Å²) < 4.78 is 24.4. The molecule has 1 aliphatic carbocycles. The molecule has 1 unspecified atom stereocenters. The molecule has 1 aliphatic rings. The molecule has 11 heavy (non-hydrogen) atoms. The molecular weight excluding hydrogens is 150 g/mol. The second-order valence-corrected chi connectivity index (χ2v) is 3.51. The van der Waals surface area contributed by atoms with Crippen molar-refractivity contribution in [2.75, 3.05) is 0 Å². The van der Waals surface area contributed by atoms with E-state index in [2.05, 4.69) is 0 Å². The largest absolute Gasteiger partial charge is 0.384 e. The summed E-state index contributed by atoms with van der Waals surface area (Å²) >= 11 is 0. The lowest BCUT2D eigenvalue weighted by Crippen LogP contribution is -2.40. The van der Waals surface area contributed by atoms with Crippen molar-refractivity contribution in [1.29, 1.82) is 0 Å². The smallest absolute Gasteiger partial charge is 0.266 e. The number of hydrogen-bond acceptors (Lipinski definition) is 1. The van der Waals surface area contributed by atoms with Crippen LogP contribution in [0.1, 0.15) is 32.6 Å². The van der Waals surface area contributed by atoms with Crippen molar-refractivity contribution in [3.8, 4) is 0 Å². The van der Waals surface area contributed by atoms with Crippen molar-refractivity contribution in [1.82, 2.24) is 0 Å². The Morgan fingerprint density at radius 2 is 1.82 bits per heavy atom. The summed E-state index contributed by atoms with van der Waals surface area (Å²) in [5.41, 5.74) is -1.75. The van der Waals surface area contributed by atoms with E-state index in [1.54, 1.807) is 0 Å². The second-order valence-electron chi connectivity index (χ2n) is 3.51. The van der Waals surface area contributed by atoms with E-state index in [1.807, 2.05) is 0 Å². The molecule has 0 aromatic rings. The Labute approximate surface area is 65.4 Å². The van der Waals surface area contributed by atoms with Crippen LogP contribution in [-0.4, -0.2) is 17.1 Å². The molecule has 1 nitrogen and oxygen atoms in total. The third-order valence-electron chi connectivity index (χ3n) is 2.62. The summed E-state index contributed by atoms with van der Waals surface area (Å²) in [5.74, 6) is -0.192. The molecule has 1 atom stereocenters. The van der Waals surface area contributed by atoms with Crippen LogP contribution in [0.5, 0.6) is 0 Å². The fraction of sp³-hybridized carbons (Fsp3) is 1.00. The maximum absolute atomic E-state index is 12.2. The molecule has 0 aliphatic heterocycles. The molecule has 66 valence electrons. The lowest BCUT2D eigenvalue weighted by molar-refractivity contribution is -0.118. The SMILES string of the molecule is CC(O)(C(F)F)C1CCCC1. The monoisotopic (exact) mass is 164 g/mol. The van der Waals surface area contributed by atoms with Gasteiger partial charge in [-0.3, -0.25) is 0 Å². The zero-order valence-electron chi connectivity index (χ0n) is 6.69. The van der Waals surface area contributed by atoms with E-state index < -0.39 is 12.0 Å². The van der Waals surface area contributed by atoms with E-state index in [9.17, 15) is 13.9 Å². The van der Waals surface area contributed by atoms with Gasteiger partial charge in [0.1, 0.15) is 5.60 Å². The van der Waals surface area contributed by atoms with Gasteiger partial charge in [-0.1, -0.05) is 12.8 Å². The van der Waals surface area contributed by atoms with Gasteiger partial charge in [0.2, 0.25) is 0 Å². The molecule has 0 amide bonds. The summed E-state index contributed by atoms with van der Waals surface area (Å²) in [5, 5.41) is 9.34. The van der Waals surface area contributed by atoms with Gasteiger partial charge in [-0.15, -0.1) is 0 Å². The minimum absolute atomic E-state index is 0.192. The molecule has 1 rings (SSSR count). The van der Waals surface area contributed by atoms with Crippen LogP contribution in [0.4, 0.5) is 8.78 Å². The zero-order valence-corrected chi connectivity index (χ0v) is 6.69. The summed E-state index contributed by atoms with van der Waals surface area (Å²) in [6.45, 7) is 1.24. The highest BCUT2D eigenvalue weighted by molar-refractivity contribution is 4.87. The zero-order chi connectivity index (χ0) is 8.48. The molecule has 1 saturated carbocycles. The minimum atomic E-state index is -2.61. The van der Waals surface area contributed by atoms with Gasteiger partial charge in [0.15, 0.2) is 0 Å². The maximum atomic E-state index is 12.2. The first-order valence-electron chi connectivity index (χ1n) is 4.05. The molecule has 0 bridgehead atoms. The third-order valence-corrected chi connectivity index (χ3v) is 2.62. The van der Waals surface area contributed by atoms with E-state index in [4.69, 9.17) is 0 Å². The Morgan fingerprint density at radius 3 is 2.18 bits per heavy atom. The number of aliphatic hydroxyl groups is 1. The Balaban J connectivity index is 2.55. The van der Waals surface area contributed by atoms with Crippen molar-refractivity contribution in [3.05, 3.63) is 0 Å². The first-order valence-corrected chi connectivity index (χ1v) is 4.05. The average molecular weight is 164 g/mol. The summed E-state index contributed by atoms with van der Waals surface area (Å²) in [6, 6.07) is 0. The Kier molecular flexibility index (Phi) is 2.47. The molecule has 0 aromatic carbocycles. The first-order chi connectivity index (χ1) is 5.05. The van der Waals surface area contributed by atoms with Crippen molar-refractivity contribution in [2.24, 2.45) is 5.92 Å². The van der Waals surface area contributed by atoms with Gasteiger partial charge in [0.05, 0.1) is 0 Å². The van der Waals surface area contributed by atoms with Crippen molar-refractivity contribution >= 4 is 0 Å². The third kappa shape index (κ3) is 1.70. The second kappa shape index (κ2) is 3.05. The molecule has 0 aromatic heterocycles. The van der Waals surface area contributed by atoms with Crippen LogP contribution in [-0.2, 0) is 0 Å². The lowest BCUT2D eigenvalue weighted by Gasteiger charge is -2.28. The molecule has 1 N–H and O–H groups in total. The van der Waals surface area contributed by atoms with Crippen LogP contribution in [0.25, 0.3) is 0 Å².